The van der Waals surface area contributed by atoms with E-state index in [1.54, 1.807) is 7.11 Å². The van der Waals surface area contributed by atoms with Crippen molar-refractivity contribution in [3.8, 4) is 0 Å². The molecule has 2 nitrogen and oxygen atoms in total. The lowest BCUT2D eigenvalue weighted by atomic mass is 10.1. The van der Waals surface area contributed by atoms with Crippen molar-refractivity contribution in [2.45, 2.75) is 12.0 Å². The van der Waals surface area contributed by atoms with E-state index in [9.17, 15) is 5.11 Å². The van der Waals surface area contributed by atoms with Crippen LogP contribution in [0, 0.1) is 11.8 Å². The van der Waals surface area contributed by atoms with Crippen LogP contribution in [0.15, 0.2) is 0 Å². The fourth-order valence-corrected chi connectivity index (χ4v) is 1.48. The van der Waals surface area contributed by atoms with Crippen molar-refractivity contribution in [3.63, 3.8) is 0 Å². The maximum atomic E-state index is 9.32. The second-order valence-electron chi connectivity index (χ2n) is 2.87. The quantitative estimate of drug-likeness (QED) is 0.548. The summed E-state index contributed by atoms with van der Waals surface area (Å²) in [5.41, 5.74) is -0.366. The Labute approximate surface area is 48.5 Å². The Bertz CT molecular complexity index is 114. The van der Waals surface area contributed by atoms with Crippen molar-refractivity contribution in [2.24, 2.45) is 11.8 Å². The highest BCUT2D eigenvalue weighted by Gasteiger charge is 2.76. The van der Waals surface area contributed by atoms with Gasteiger partial charge in [0, 0.05) is 7.11 Å². The van der Waals surface area contributed by atoms with E-state index in [1.807, 2.05) is 0 Å². The Morgan fingerprint density at radius 3 is 2.50 bits per heavy atom. The summed E-state index contributed by atoms with van der Waals surface area (Å²) < 4.78 is 4.82. The van der Waals surface area contributed by atoms with Crippen molar-refractivity contribution in [1.82, 2.24) is 0 Å². The Kier molecular flexibility index (Phi) is 0.649. The van der Waals surface area contributed by atoms with Gasteiger partial charge in [-0.15, -0.1) is 0 Å². The van der Waals surface area contributed by atoms with Crippen LogP contribution in [0.1, 0.15) is 6.42 Å². The fraction of sp³-hybridized carbons (Fsp3) is 1.00. The number of aliphatic hydroxyl groups is 1. The van der Waals surface area contributed by atoms with Crippen molar-refractivity contribution < 1.29 is 9.84 Å². The average Bonchev–Trinajstić information content (AvgIpc) is 2.50. The minimum atomic E-state index is -0.366. The normalized spacial score (nSPS) is 57.8. The lowest BCUT2D eigenvalue weighted by Gasteiger charge is -2.12. The molecule has 2 atom stereocenters. The van der Waals surface area contributed by atoms with Gasteiger partial charge in [0.1, 0.15) is 0 Å². The zero-order chi connectivity index (χ0) is 5.78. The standard InChI is InChI=1S/C6H10O2/c1-8-3-6(7)4-2-5(4)6/h4-5,7H,2-3H2,1H3. The Balaban J connectivity index is 1.89. The predicted octanol–water partition coefficient (Wildman–Crippen LogP) is 0.0136. The van der Waals surface area contributed by atoms with Gasteiger partial charge < -0.3 is 9.84 Å². The summed E-state index contributed by atoms with van der Waals surface area (Å²) in [5, 5.41) is 9.32. The van der Waals surface area contributed by atoms with Crippen LogP contribution < -0.4 is 0 Å². The van der Waals surface area contributed by atoms with Crippen LogP contribution >= 0.6 is 0 Å². The van der Waals surface area contributed by atoms with E-state index in [-0.39, 0.29) is 5.60 Å². The summed E-state index contributed by atoms with van der Waals surface area (Å²) in [6.07, 6.45) is 1.24. The number of methoxy groups -OCH3 is 1. The summed E-state index contributed by atoms with van der Waals surface area (Å²) in [5.74, 6) is 1.23. The second-order valence-corrected chi connectivity index (χ2v) is 2.87. The number of ether oxygens (including phenoxy) is 1. The zero-order valence-electron chi connectivity index (χ0n) is 4.92. The number of rotatable bonds is 2. The van der Waals surface area contributed by atoms with Gasteiger partial charge in [-0.05, 0) is 18.3 Å². The third kappa shape index (κ3) is 0.361. The molecule has 2 saturated carbocycles. The highest BCUT2D eigenvalue weighted by atomic mass is 16.5. The molecule has 1 N–H and O–H groups in total. The molecule has 0 amide bonds. The Hall–Kier alpha value is -0.0800. The van der Waals surface area contributed by atoms with Gasteiger partial charge in [0.2, 0.25) is 0 Å². The van der Waals surface area contributed by atoms with Crippen molar-refractivity contribution in [3.05, 3.63) is 0 Å². The maximum absolute atomic E-state index is 9.32. The van der Waals surface area contributed by atoms with E-state index < -0.39 is 0 Å². The number of hydrogen-bond donors (Lipinski definition) is 1. The van der Waals surface area contributed by atoms with E-state index in [2.05, 4.69) is 0 Å². The van der Waals surface area contributed by atoms with E-state index in [0.717, 1.165) is 0 Å². The highest BCUT2D eigenvalue weighted by Crippen LogP contribution is 2.70. The predicted molar refractivity (Wildman–Crippen MR) is 28.4 cm³/mol. The Morgan fingerprint density at radius 2 is 2.38 bits per heavy atom. The van der Waals surface area contributed by atoms with Gasteiger partial charge in [-0.3, -0.25) is 0 Å². The molecule has 0 saturated heterocycles. The topological polar surface area (TPSA) is 29.5 Å². The van der Waals surface area contributed by atoms with Gasteiger partial charge in [-0.1, -0.05) is 0 Å². The molecular formula is C6H10O2. The first kappa shape index (κ1) is 4.77. The molecule has 0 heterocycles. The van der Waals surface area contributed by atoms with E-state index >= 15 is 0 Å². The number of hydrogen-bond acceptors (Lipinski definition) is 2. The first-order valence-electron chi connectivity index (χ1n) is 3.00. The molecule has 0 aromatic carbocycles. The molecule has 0 spiro atoms. The van der Waals surface area contributed by atoms with Gasteiger partial charge >= 0.3 is 0 Å². The maximum Gasteiger partial charge on any atom is 0.0943 e. The molecule has 2 fully saturated rings. The lowest BCUT2D eigenvalue weighted by molar-refractivity contribution is 0.00661. The third-order valence-electron chi connectivity index (χ3n) is 2.34. The molecule has 0 aromatic rings. The average molecular weight is 114 g/mol. The van der Waals surface area contributed by atoms with Crippen LogP contribution in [-0.4, -0.2) is 24.4 Å². The van der Waals surface area contributed by atoms with Crippen LogP contribution in [0.2, 0.25) is 0 Å². The SMILES string of the molecule is COCC1(O)C2CC21. The van der Waals surface area contributed by atoms with Crippen molar-refractivity contribution >= 4 is 0 Å². The summed E-state index contributed by atoms with van der Waals surface area (Å²) in [4.78, 5) is 0. The summed E-state index contributed by atoms with van der Waals surface area (Å²) in [7, 11) is 1.63. The Morgan fingerprint density at radius 1 is 1.75 bits per heavy atom. The van der Waals surface area contributed by atoms with Crippen LogP contribution in [-0.2, 0) is 4.74 Å². The third-order valence-corrected chi connectivity index (χ3v) is 2.34. The fourth-order valence-electron chi connectivity index (χ4n) is 1.48. The highest BCUT2D eigenvalue weighted by molar-refractivity contribution is 5.25. The van der Waals surface area contributed by atoms with Crippen molar-refractivity contribution in [2.75, 3.05) is 13.7 Å². The summed E-state index contributed by atoms with van der Waals surface area (Å²) in [6, 6.07) is 0. The van der Waals surface area contributed by atoms with Gasteiger partial charge in [-0.25, -0.2) is 0 Å². The molecule has 2 aliphatic carbocycles. The van der Waals surface area contributed by atoms with Gasteiger partial charge in [0.05, 0.1) is 12.2 Å². The molecule has 0 aromatic heterocycles. The van der Waals surface area contributed by atoms with E-state index in [1.165, 1.54) is 6.42 Å². The van der Waals surface area contributed by atoms with Gasteiger partial charge in [-0.2, -0.15) is 0 Å². The number of fused-ring (bicyclic) bond motifs is 1. The monoisotopic (exact) mass is 114 g/mol. The summed E-state index contributed by atoms with van der Waals surface area (Å²) >= 11 is 0. The molecule has 2 rings (SSSR count). The molecule has 2 heteroatoms. The second kappa shape index (κ2) is 1.09. The molecular weight excluding hydrogens is 104 g/mol. The molecule has 0 aliphatic heterocycles. The van der Waals surface area contributed by atoms with Crippen molar-refractivity contribution in [1.29, 1.82) is 0 Å². The molecule has 0 radical (unpaired) electrons. The molecule has 2 aliphatic rings. The van der Waals surface area contributed by atoms with Gasteiger partial charge in [0.15, 0.2) is 0 Å². The van der Waals surface area contributed by atoms with Crippen LogP contribution in [0.3, 0.4) is 0 Å². The van der Waals surface area contributed by atoms with Gasteiger partial charge in [0.25, 0.3) is 0 Å². The lowest BCUT2D eigenvalue weighted by Crippen LogP contribution is -2.24. The minimum absolute atomic E-state index is 0.366. The van der Waals surface area contributed by atoms with Crippen LogP contribution in [0.5, 0.6) is 0 Å². The first-order valence-corrected chi connectivity index (χ1v) is 3.00. The molecule has 0 bridgehead atoms. The molecule has 46 valence electrons. The van der Waals surface area contributed by atoms with Crippen LogP contribution in [0.25, 0.3) is 0 Å². The largest absolute Gasteiger partial charge is 0.387 e. The van der Waals surface area contributed by atoms with E-state index in [0.29, 0.717) is 18.4 Å². The minimum Gasteiger partial charge on any atom is -0.387 e. The molecule has 2 unspecified atom stereocenters. The first-order chi connectivity index (χ1) is 3.79. The molecule has 8 heavy (non-hydrogen) atoms. The zero-order valence-corrected chi connectivity index (χ0v) is 4.92. The smallest absolute Gasteiger partial charge is 0.0943 e. The van der Waals surface area contributed by atoms with Crippen LogP contribution in [0.4, 0.5) is 0 Å². The van der Waals surface area contributed by atoms with E-state index in [4.69, 9.17) is 4.74 Å². The summed E-state index contributed by atoms with van der Waals surface area (Å²) in [6.45, 7) is 0.544.